The highest BCUT2D eigenvalue weighted by atomic mass is 19.3. The number of ether oxygens (including phenoxy) is 2. The molecule has 0 bridgehead atoms. The molecule has 5 nitrogen and oxygen atoms in total. The van der Waals surface area contributed by atoms with Crippen molar-refractivity contribution >= 4 is 11.7 Å². The van der Waals surface area contributed by atoms with E-state index >= 15 is 0 Å². The number of rotatable bonds is 3. The molecule has 1 aliphatic rings. The van der Waals surface area contributed by atoms with Crippen LogP contribution >= 0.6 is 0 Å². The summed E-state index contributed by atoms with van der Waals surface area (Å²) in [6.45, 7) is 1.05. The van der Waals surface area contributed by atoms with Crippen LogP contribution in [-0.4, -0.2) is 31.2 Å². The highest BCUT2D eigenvalue weighted by molar-refractivity contribution is 5.87. The van der Waals surface area contributed by atoms with E-state index in [1.54, 1.807) is 12.1 Å². The fraction of sp³-hybridized carbons (Fsp3) is 0.250. The molecule has 1 aliphatic heterocycles. The molecule has 1 aromatic heterocycles. The first-order valence-corrected chi connectivity index (χ1v) is 6.97. The van der Waals surface area contributed by atoms with Gasteiger partial charge in [0.25, 0.3) is 6.43 Å². The number of methoxy groups -OCH3 is 1. The maximum absolute atomic E-state index is 13.4. The van der Waals surface area contributed by atoms with Crippen LogP contribution in [0.1, 0.15) is 22.5 Å². The van der Waals surface area contributed by atoms with E-state index in [-0.39, 0.29) is 11.3 Å². The van der Waals surface area contributed by atoms with Gasteiger partial charge in [-0.25, -0.2) is 18.6 Å². The monoisotopic (exact) mass is 320 g/mol. The number of esters is 1. The van der Waals surface area contributed by atoms with Crippen LogP contribution in [0.15, 0.2) is 30.5 Å². The number of alkyl halides is 2. The molecular weight excluding hydrogens is 306 g/mol. The van der Waals surface area contributed by atoms with Crippen molar-refractivity contribution in [3.8, 4) is 16.9 Å². The zero-order valence-corrected chi connectivity index (χ0v) is 12.3. The third kappa shape index (κ3) is 2.94. The van der Waals surface area contributed by atoms with Crippen LogP contribution in [0.2, 0.25) is 0 Å². The van der Waals surface area contributed by atoms with Crippen LogP contribution in [-0.2, 0) is 4.74 Å². The van der Waals surface area contributed by atoms with E-state index in [0.717, 1.165) is 0 Å². The fourth-order valence-corrected chi connectivity index (χ4v) is 2.41. The number of fused-ring (bicyclic) bond motifs is 1. The summed E-state index contributed by atoms with van der Waals surface area (Å²) in [7, 11) is 1.25. The van der Waals surface area contributed by atoms with Crippen molar-refractivity contribution in [2.45, 2.75) is 6.43 Å². The molecule has 0 unspecified atom stereocenters. The van der Waals surface area contributed by atoms with Crippen LogP contribution in [0.4, 0.5) is 14.5 Å². The minimum Gasteiger partial charge on any atom is -0.490 e. The number of aromatic nitrogens is 1. The van der Waals surface area contributed by atoms with E-state index in [1.807, 2.05) is 0 Å². The Balaban J connectivity index is 2.05. The molecule has 2 heterocycles. The second kappa shape index (κ2) is 6.20. The van der Waals surface area contributed by atoms with Crippen molar-refractivity contribution in [2.24, 2.45) is 0 Å². The Labute approximate surface area is 131 Å². The van der Waals surface area contributed by atoms with Crippen LogP contribution in [0.3, 0.4) is 0 Å². The van der Waals surface area contributed by atoms with E-state index in [4.69, 9.17) is 4.74 Å². The topological polar surface area (TPSA) is 60.5 Å². The largest absolute Gasteiger partial charge is 0.490 e. The van der Waals surface area contributed by atoms with Gasteiger partial charge in [-0.1, -0.05) is 6.07 Å². The minimum atomic E-state index is -2.64. The van der Waals surface area contributed by atoms with Gasteiger partial charge in [0.05, 0.1) is 12.8 Å². The smallest absolute Gasteiger partial charge is 0.356 e. The zero-order chi connectivity index (χ0) is 16.4. The molecular formula is C16H14F2N2O3. The van der Waals surface area contributed by atoms with Gasteiger partial charge >= 0.3 is 5.97 Å². The van der Waals surface area contributed by atoms with Crippen LogP contribution in [0, 0.1) is 0 Å². The lowest BCUT2D eigenvalue weighted by atomic mass is 9.99. The first kappa shape index (κ1) is 15.2. The highest BCUT2D eigenvalue weighted by Crippen LogP contribution is 2.39. The maximum Gasteiger partial charge on any atom is 0.356 e. The Morgan fingerprint density at radius 1 is 1.39 bits per heavy atom. The van der Waals surface area contributed by atoms with Crippen LogP contribution in [0.25, 0.3) is 11.1 Å². The molecule has 0 radical (unpaired) electrons. The minimum absolute atomic E-state index is 0.116. The number of pyridine rings is 1. The third-order valence-corrected chi connectivity index (χ3v) is 3.53. The second-order valence-corrected chi connectivity index (χ2v) is 4.94. The van der Waals surface area contributed by atoms with Gasteiger partial charge in [0.2, 0.25) is 0 Å². The van der Waals surface area contributed by atoms with Crippen molar-refractivity contribution in [1.29, 1.82) is 0 Å². The van der Waals surface area contributed by atoms with Crippen molar-refractivity contribution < 1.29 is 23.0 Å². The molecule has 1 aromatic carbocycles. The number of anilines is 1. The quantitative estimate of drug-likeness (QED) is 0.880. The summed E-state index contributed by atoms with van der Waals surface area (Å²) >= 11 is 0. The molecule has 120 valence electrons. The molecule has 0 saturated heterocycles. The molecule has 3 rings (SSSR count). The molecule has 0 aliphatic carbocycles. The third-order valence-electron chi connectivity index (χ3n) is 3.53. The molecule has 0 spiro atoms. The summed E-state index contributed by atoms with van der Waals surface area (Å²) in [6, 6.07) is 5.96. The summed E-state index contributed by atoms with van der Waals surface area (Å²) < 4.78 is 36.8. The van der Waals surface area contributed by atoms with Crippen LogP contribution < -0.4 is 10.1 Å². The second-order valence-electron chi connectivity index (χ2n) is 4.94. The van der Waals surface area contributed by atoms with Crippen molar-refractivity contribution in [3.63, 3.8) is 0 Å². The molecule has 1 N–H and O–H groups in total. The SMILES string of the molecule is COC(=O)c1ccc(-c2cc3c(cc2C(F)F)NCCO3)cn1. The molecule has 0 fully saturated rings. The molecule has 7 heteroatoms. The predicted molar refractivity (Wildman–Crippen MR) is 80.0 cm³/mol. The number of nitrogens with one attached hydrogen (secondary N) is 1. The number of nitrogens with zero attached hydrogens (tertiary/aromatic N) is 1. The summed E-state index contributed by atoms with van der Waals surface area (Å²) in [5.41, 5.74) is 1.35. The number of hydrogen-bond donors (Lipinski definition) is 1. The van der Waals surface area contributed by atoms with Gasteiger partial charge < -0.3 is 14.8 Å². The van der Waals surface area contributed by atoms with Crippen molar-refractivity contribution in [3.05, 3.63) is 41.7 Å². The van der Waals surface area contributed by atoms with Crippen molar-refractivity contribution in [1.82, 2.24) is 4.98 Å². The summed E-state index contributed by atoms with van der Waals surface area (Å²) in [4.78, 5) is 15.4. The lowest BCUT2D eigenvalue weighted by Crippen LogP contribution is -2.18. The van der Waals surface area contributed by atoms with Gasteiger partial charge in [0, 0.05) is 23.9 Å². The Kier molecular flexibility index (Phi) is 4.10. The first-order valence-electron chi connectivity index (χ1n) is 6.97. The Morgan fingerprint density at radius 2 is 2.22 bits per heavy atom. The Hall–Kier alpha value is -2.70. The Bertz CT molecular complexity index is 733. The molecule has 23 heavy (non-hydrogen) atoms. The number of carbonyl (C=O) groups excluding carboxylic acids is 1. The van der Waals surface area contributed by atoms with Crippen molar-refractivity contribution in [2.75, 3.05) is 25.6 Å². The highest BCUT2D eigenvalue weighted by Gasteiger charge is 2.21. The summed E-state index contributed by atoms with van der Waals surface area (Å²) in [6.07, 6.45) is -1.27. The average molecular weight is 320 g/mol. The maximum atomic E-state index is 13.4. The van der Waals surface area contributed by atoms with Gasteiger partial charge in [-0.3, -0.25) is 0 Å². The standard InChI is InChI=1S/C16H14F2N2O3/c1-22-16(21)12-3-2-9(8-20-12)10-7-14-13(19-4-5-23-14)6-11(10)15(17)18/h2-3,6-8,15,19H,4-5H2,1H3. The lowest BCUT2D eigenvalue weighted by Gasteiger charge is -2.22. The summed E-state index contributed by atoms with van der Waals surface area (Å²) in [5, 5.41) is 3.03. The molecule has 2 aromatic rings. The molecule has 0 atom stereocenters. The van der Waals surface area contributed by atoms with Gasteiger partial charge in [-0.05, 0) is 23.8 Å². The molecule has 0 saturated carbocycles. The number of halogens is 2. The van der Waals surface area contributed by atoms with Crippen LogP contribution in [0.5, 0.6) is 5.75 Å². The van der Waals surface area contributed by atoms with E-state index in [2.05, 4.69) is 15.0 Å². The Morgan fingerprint density at radius 3 is 2.87 bits per heavy atom. The van der Waals surface area contributed by atoms with Gasteiger partial charge in [-0.2, -0.15) is 0 Å². The van der Waals surface area contributed by atoms with E-state index < -0.39 is 12.4 Å². The molecule has 0 amide bonds. The number of carbonyl (C=O) groups is 1. The predicted octanol–water partition coefficient (Wildman–Crippen LogP) is 3.28. The fourth-order valence-electron chi connectivity index (χ4n) is 2.41. The first-order chi connectivity index (χ1) is 11.1. The number of benzene rings is 1. The van der Waals surface area contributed by atoms with Gasteiger partial charge in [-0.15, -0.1) is 0 Å². The lowest BCUT2D eigenvalue weighted by molar-refractivity contribution is 0.0594. The van der Waals surface area contributed by atoms with Gasteiger partial charge in [0.15, 0.2) is 0 Å². The van der Waals surface area contributed by atoms with E-state index in [1.165, 1.54) is 25.4 Å². The van der Waals surface area contributed by atoms with E-state index in [9.17, 15) is 13.6 Å². The normalized spacial score (nSPS) is 13.0. The average Bonchev–Trinajstić information content (AvgIpc) is 2.60. The van der Waals surface area contributed by atoms with Gasteiger partial charge in [0.1, 0.15) is 18.1 Å². The van der Waals surface area contributed by atoms with E-state index in [0.29, 0.717) is 35.7 Å². The summed E-state index contributed by atoms with van der Waals surface area (Å²) in [5.74, 6) is -0.0590. The zero-order valence-electron chi connectivity index (χ0n) is 12.3. The number of hydrogen-bond acceptors (Lipinski definition) is 5.